The number of hydrogen-bond donors (Lipinski definition) is 4. The summed E-state index contributed by atoms with van der Waals surface area (Å²) in [4.78, 5) is 32.0. The van der Waals surface area contributed by atoms with Crippen LogP contribution in [0.1, 0.15) is 96.6 Å². The molecule has 1 aromatic heterocycles. The quantitative estimate of drug-likeness (QED) is 0.106. The molecule has 5 N–H and O–H groups in total. The van der Waals surface area contributed by atoms with Gasteiger partial charge in [0.15, 0.2) is 0 Å². The zero-order valence-electron chi connectivity index (χ0n) is 26.9. The highest BCUT2D eigenvalue weighted by molar-refractivity contribution is 5.84. The molecule has 10 nitrogen and oxygen atoms in total. The number of aryl methyl sites for hydroxylation is 1. The van der Waals surface area contributed by atoms with Gasteiger partial charge in [-0.1, -0.05) is 40.7 Å². The van der Waals surface area contributed by atoms with E-state index in [9.17, 15) is 20.0 Å². The number of aliphatic hydroxyl groups excluding tert-OH is 1. The number of aromatic nitrogens is 1. The smallest absolute Gasteiger partial charge is 0.294 e. The lowest BCUT2D eigenvalue weighted by molar-refractivity contribution is -0.769. The van der Waals surface area contributed by atoms with E-state index in [1.807, 2.05) is 13.8 Å². The van der Waals surface area contributed by atoms with Gasteiger partial charge in [-0.25, -0.2) is 0 Å². The molecule has 1 heterocycles. The van der Waals surface area contributed by atoms with Gasteiger partial charge in [-0.15, -0.1) is 10.1 Å². The van der Waals surface area contributed by atoms with Gasteiger partial charge in [0.1, 0.15) is 6.10 Å². The summed E-state index contributed by atoms with van der Waals surface area (Å²) in [5.74, 6) is 0.409. The van der Waals surface area contributed by atoms with Crippen LogP contribution in [0, 0.1) is 33.8 Å². The van der Waals surface area contributed by atoms with Crippen LogP contribution in [0.5, 0.6) is 0 Å². The van der Waals surface area contributed by atoms with Crippen molar-refractivity contribution < 1.29 is 24.6 Å². The lowest BCUT2D eigenvalue weighted by Crippen LogP contribution is -2.46. The molecule has 1 aliphatic carbocycles. The standard InChI is InChI=1S/C33H54N4O6/c1-20(2)27(22(5)23-9-14-31-29(16-23)24(19-35-31)8-7-15-42-6)17-30(34)32(38)18-28(21(3)4)33(39)36-25-10-12-26(13-11-25)43-37(40)41/h9,14,16,19-22,25-28,30,32,35,38H,7-8,10-13,15,17-18,34H2,1-6H3,(H,36,39)/t22?,25?,26?,27-,28-,30-,32-/m0/s1. The minimum Gasteiger partial charge on any atom is -0.391 e. The second-order valence-corrected chi connectivity index (χ2v) is 13.3. The monoisotopic (exact) mass is 602 g/mol. The number of methoxy groups -OCH3 is 1. The number of amides is 1. The molecule has 1 aliphatic rings. The lowest BCUT2D eigenvalue weighted by atomic mass is 9.75. The Morgan fingerprint density at radius 2 is 1.84 bits per heavy atom. The van der Waals surface area contributed by atoms with Gasteiger partial charge in [0.25, 0.3) is 5.09 Å². The maximum atomic E-state index is 13.3. The molecule has 1 unspecified atom stereocenters. The van der Waals surface area contributed by atoms with Crippen molar-refractivity contribution >= 4 is 16.8 Å². The Balaban J connectivity index is 1.62. The van der Waals surface area contributed by atoms with Crippen molar-refractivity contribution in [3.63, 3.8) is 0 Å². The summed E-state index contributed by atoms with van der Waals surface area (Å²) in [6, 6.07) is 6.14. The average molecular weight is 603 g/mol. The zero-order chi connectivity index (χ0) is 31.7. The third-order valence-electron chi connectivity index (χ3n) is 9.54. The Labute approximate surface area is 256 Å². The number of aromatic amines is 1. The summed E-state index contributed by atoms with van der Waals surface area (Å²) < 4.78 is 5.24. The van der Waals surface area contributed by atoms with E-state index in [4.69, 9.17) is 15.3 Å². The number of carbonyl (C=O) groups is 1. The molecule has 0 aliphatic heterocycles. The van der Waals surface area contributed by atoms with Crippen molar-refractivity contribution in [2.45, 2.75) is 116 Å². The molecule has 0 spiro atoms. The number of fused-ring (bicyclic) bond motifs is 1. The van der Waals surface area contributed by atoms with Crippen LogP contribution in [-0.2, 0) is 20.8 Å². The van der Waals surface area contributed by atoms with Gasteiger partial charge in [-0.3, -0.25) is 4.79 Å². The molecular weight excluding hydrogens is 548 g/mol. The Morgan fingerprint density at radius 1 is 1.14 bits per heavy atom. The molecule has 1 amide bonds. The Bertz CT molecular complexity index is 1160. The summed E-state index contributed by atoms with van der Waals surface area (Å²) in [6.07, 6.45) is 6.09. The van der Waals surface area contributed by atoms with Crippen LogP contribution in [-0.4, -0.2) is 59.1 Å². The molecule has 1 fully saturated rings. The Kier molecular flexibility index (Phi) is 13.3. The number of carbonyl (C=O) groups excluding carboxylic acids is 1. The van der Waals surface area contributed by atoms with Crippen LogP contribution in [0.2, 0.25) is 0 Å². The van der Waals surface area contributed by atoms with Gasteiger partial charge in [0, 0.05) is 48.8 Å². The molecule has 0 bridgehead atoms. The lowest BCUT2D eigenvalue weighted by Gasteiger charge is -2.34. The summed E-state index contributed by atoms with van der Waals surface area (Å²) >= 11 is 0. The molecule has 1 saturated carbocycles. The SMILES string of the molecule is COCCCc1c[nH]c2ccc(C(C)[C@@H](C[C@H](N)[C@@H](O)C[C@H](C(=O)NC3CCC(O[N+](=O)[O-])CC3)C(C)C)C(C)C)cc12. The maximum Gasteiger partial charge on any atom is 0.294 e. The highest BCUT2D eigenvalue weighted by Crippen LogP contribution is 2.36. The van der Waals surface area contributed by atoms with Gasteiger partial charge < -0.3 is 30.7 Å². The largest absolute Gasteiger partial charge is 0.391 e. The van der Waals surface area contributed by atoms with Crippen molar-refractivity contribution in [3.05, 3.63) is 45.6 Å². The number of nitrogens with two attached hydrogens (primary N) is 1. The number of hydrogen-bond acceptors (Lipinski definition) is 7. The van der Waals surface area contributed by atoms with E-state index < -0.39 is 23.3 Å². The first-order valence-corrected chi connectivity index (χ1v) is 16.0. The minimum atomic E-state index is -0.810. The first-order chi connectivity index (χ1) is 20.4. The van der Waals surface area contributed by atoms with Crippen LogP contribution < -0.4 is 11.1 Å². The van der Waals surface area contributed by atoms with Crippen LogP contribution in [0.3, 0.4) is 0 Å². The van der Waals surface area contributed by atoms with Gasteiger partial charge in [-0.05, 0) is 98.3 Å². The van der Waals surface area contributed by atoms with Gasteiger partial charge in [0.2, 0.25) is 5.91 Å². The van der Waals surface area contributed by atoms with E-state index in [2.05, 4.69) is 55.5 Å². The normalized spacial score (nSPS) is 21.0. The average Bonchev–Trinajstić information content (AvgIpc) is 3.36. The Morgan fingerprint density at radius 3 is 2.44 bits per heavy atom. The number of H-pyrrole nitrogens is 1. The maximum absolute atomic E-state index is 13.3. The molecule has 0 radical (unpaired) electrons. The van der Waals surface area contributed by atoms with E-state index in [0.717, 1.165) is 25.0 Å². The van der Waals surface area contributed by atoms with E-state index in [1.54, 1.807) is 7.11 Å². The predicted molar refractivity (Wildman–Crippen MR) is 169 cm³/mol. The first kappa shape index (κ1) is 34.8. The minimum absolute atomic E-state index is 0.0296. The number of rotatable bonds is 17. The first-order valence-electron chi connectivity index (χ1n) is 16.0. The molecule has 242 valence electrons. The van der Waals surface area contributed by atoms with Crippen molar-refractivity contribution in [1.29, 1.82) is 0 Å². The number of nitrogens with one attached hydrogen (secondary N) is 2. The molecular formula is C33H54N4O6. The number of nitrogens with zero attached hydrogens (tertiary/aromatic N) is 1. The van der Waals surface area contributed by atoms with Crippen molar-refractivity contribution in [1.82, 2.24) is 10.3 Å². The summed E-state index contributed by atoms with van der Waals surface area (Å²) in [5.41, 5.74) is 10.3. The third-order valence-corrected chi connectivity index (χ3v) is 9.54. The number of benzene rings is 1. The highest BCUT2D eigenvalue weighted by Gasteiger charge is 2.33. The topological polar surface area (TPSA) is 153 Å². The van der Waals surface area contributed by atoms with Crippen molar-refractivity contribution in [2.75, 3.05) is 13.7 Å². The van der Waals surface area contributed by atoms with E-state index in [-0.39, 0.29) is 35.6 Å². The molecule has 43 heavy (non-hydrogen) atoms. The van der Waals surface area contributed by atoms with Crippen LogP contribution >= 0.6 is 0 Å². The molecule has 3 rings (SSSR count). The highest BCUT2D eigenvalue weighted by atomic mass is 17.0. The summed E-state index contributed by atoms with van der Waals surface area (Å²) in [5, 5.41) is 25.5. The van der Waals surface area contributed by atoms with Gasteiger partial charge in [0.05, 0.1) is 6.10 Å². The molecule has 5 atom stereocenters. The fourth-order valence-electron chi connectivity index (χ4n) is 6.72. The van der Waals surface area contributed by atoms with Gasteiger partial charge >= 0.3 is 0 Å². The molecule has 0 saturated heterocycles. The molecule has 1 aromatic carbocycles. The fraction of sp³-hybridized carbons (Fsp3) is 0.727. The van der Waals surface area contributed by atoms with Crippen molar-refractivity contribution in [2.24, 2.45) is 29.4 Å². The van der Waals surface area contributed by atoms with E-state index in [0.29, 0.717) is 44.4 Å². The Hall–Kier alpha value is -2.69. The van der Waals surface area contributed by atoms with Crippen LogP contribution in [0.4, 0.5) is 0 Å². The third kappa shape index (κ3) is 9.91. The summed E-state index contributed by atoms with van der Waals surface area (Å²) in [7, 11) is 1.73. The van der Waals surface area contributed by atoms with Crippen LogP contribution in [0.25, 0.3) is 10.9 Å². The summed E-state index contributed by atoms with van der Waals surface area (Å²) in [6.45, 7) is 11.4. The second-order valence-electron chi connectivity index (χ2n) is 13.3. The van der Waals surface area contributed by atoms with Gasteiger partial charge in [-0.2, -0.15) is 0 Å². The number of ether oxygens (including phenoxy) is 1. The molecule has 2 aromatic rings. The second kappa shape index (κ2) is 16.4. The van der Waals surface area contributed by atoms with E-state index in [1.165, 1.54) is 16.5 Å². The van der Waals surface area contributed by atoms with E-state index >= 15 is 0 Å². The van der Waals surface area contributed by atoms with Crippen LogP contribution in [0.15, 0.2) is 24.4 Å². The zero-order valence-corrected chi connectivity index (χ0v) is 26.9. The fourth-order valence-corrected chi connectivity index (χ4v) is 6.72. The number of aliphatic hydroxyl groups is 1. The predicted octanol–water partition coefficient (Wildman–Crippen LogP) is 5.50. The van der Waals surface area contributed by atoms with Crippen molar-refractivity contribution in [3.8, 4) is 0 Å². The molecule has 10 heteroatoms.